The Hall–Kier alpha value is -0.563. The summed E-state index contributed by atoms with van der Waals surface area (Å²) in [4.78, 5) is 0. The molecule has 20 heavy (non-hydrogen) atoms. The summed E-state index contributed by atoms with van der Waals surface area (Å²) >= 11 is 0. The molecular weight excluding hydrogens is 260 g/mol. The molecule has 0 aromatic heterocycles. The molecule has 0 saturated heterocycles. The van der Waals surface area contributed by atoms with Gasteiger partial charge >= 0.3 is 0 Å². The van der Waals surface area contributed by atoms with E-state index in [-0.39, 0.29) is 10.5 Å². The summed E-state index contributed by atoms with van der Waals surface area (Å²) in [5.74, 6) is 0. The van der Waals surface area contributed by atoms with Crippen LogP contribution in [0.4, 0.5) is 0 Å². The van der Waals surface area contributed by atoms with E-state index in [2.05, 4.69) is 73.4 Å². The van der Waals surface area contributed by atoms with Crippen LogP contribution in [-0.4, -0.2) is 14.9 Å². The SMILES string of the molecule is CC=C=C(/C(C)=C\CO[Si](C)(C)C(C)(C)C)C(C)(C)C. The third-order valence-electron chi connectivity index (χ3n) is 4.07. The highest BCUT2D eigenvalue weighted by Crippen LogP contribution is 2.36. The van der Waals surface area contributed by atoms with Gasteiger partial charge in [0.2, 0.25) is 0 Å². The quantitative estimate of drug-likeness (QED) is 0.346. The van der Waals surface area contributed by atoms with Gasteiger partial charge < -0.3 is 4.43 Å². The molecule has 0 aliphatic carbocycles. The van der Waals surface area contributed by atoms with Gasteiger partial charge in [-0.3, -0.25) is 0 Å². The minimum absolute atomic E-state index is 0.115. The molecule has 0 radical (unpaired) electrons. The second kappa shape index (κ2) is 6.93. The number of hydrogen-bond donors (Lipinski definition) is 0. The minimum atomic E-state index is -1.65. The van der Waals surface area contributed by atoms with Crippen molar-refractivity contribution in [2.75, 3.05) is 6.61 Å². The van der Waals surface area contributed by atoms with Gasteiger partial charge in [-0.15, -0.1) is 5.73 Å². The van der Waals surface area contributed by atoms with Crippen molar-refractivity contribution in [3.63, 3.8) is 0 Å². The summed E-state index contributed by atoms with van der Waals surface area (Å²) in [6, 6.07) is 0. The summed E-state index contributed by atoms with van der Waals surface area (Å²) in [5, 5.41) is 0.265. The second-order valence-electron chi connectivity index (χ2n) is 8.02. The highest BCUT2D eigenvalue weighted by Gasteiger charge is 2.36. The van der Waals surface area contributed by atoms with Gasteiger partial charge in [-0.1, -0.05) is 47.6 Å². The maximum absolute atomic E-state index is 6.22. The predicted octanol–water partition coefficient (Wildman–Crippen LogP) is 6.10. The lowest BCUT2D eigenvalue weighted by molar-refractivity contribution is 0.327. The Bertz CT molecular complexity index is 408. The van der Waals surface area contributed by atoms with E-state index in [0.717, 1.165) is 0 Å². The zero-order chi connectivity index (χ0) is 16.2. The highest BCUT2D eigenvalue weighted by atomic mass is 28.4. The molecule has 0 spiro atoms. The lowest BCUT2D eigenvalue weighted by Crippen LogP contribution is -2.40. The van der Waals surface area contributed by atoms with Gasteiger partial charge in [-0.05, 0) is 49.0 Å². The van der Waals surface area contributed by atoms with Crippen molar-refractivity contribution in [1.29, 1.82) is 0 Å². The zero-order valence-corrected chi connectivity index (χ0v) is 16.3. The molecule has 0 fully saturated rings. The Kier molecular flexibility index (Phi) is 6.74. The van der Waals surface area contributed by atoms with Gasteiger partial charge in [0.05, 0.1) is 6.61 Å². The van der Waals surface area contributed by atoms with E-state index in [4.69, 9.17) is 4.43 Å². The summed E-state index contributed by atoms with van der Waals surface area (Å²) in [6.45, 7) is 23.0. The Morgan fingerprint density at radius 1 is 1.10 bits per heavy atom. The Balaban J connectivity index is 4.99. The molecule has 0 atom stereocenters. The van der Waals surface area contributed by atoms with Crippen LogP contribution < -0.4 is 0 Å². The lowest BCUT2D eigenvalue weighted by Gasteiger charge is -2.35. The van der Waals surface area contributed by atoms with E-state index >= 15 is 0 Å². The van der Waals surface area contributed by atoms with Crippen LogP contribution in [0.3, 0.4) is 0 Å². The first-order chi connectivity index (χ1) is 8.83. The molecule has 0 aliphatic heterocycles. The average Bonchev–Trinajstić information content (AvgIpc) is 2.22. The molecule has 0 N–H and O–H groups in total. The molecule has 0 amide bonds. The van der Waals surface area contributed by atoms with Crippen molar-refractivity contribution in [3.8, 4) is 0 Å². The molecule has 116 valence electrons. The smallest absolute Gasteiger partial charge is 0.192 e. The molecule has 0 aromatic rings. The van der Waals surface area contributed by atoms with Crippen molar-refractivity contribution < 1.29 is 4.43 Å². The van der Waals surface area contributed by atoms with Crippen LogP contribution in [0.1, 0.15) is 55.4 Å². The Morgan fingerprint density at radius 2 is 1.60 bits per heavy atom. The molecule has 1 nitrogen and oxygen atoms in total. The predicted molar refractivity (Wildman–Crippen MR) is 93.6 cm³/mol. The summed E-state index contributed by atoms with van der Waals surface area (Å²) < 4.78 is 6.22. The van der Waals surface area contributed by atoms with E-state index in [1.165, 1.54) is 11.1 Å². The van der Waals surface area contributed by atoms with Gasteiger partial charge in [0, 0.05) is 5.57 Å². The molecule has 0 unspecified atom stereocenters. The molecule has 0 heterocycles. The molecule has 0 aromatic carbocycles. The third-order valence-corrected chi connectivity index (χ3v) is 8.57. The largest absolute Gasteiger partial charge is 0.413 e. The fourth-order valence-corrected chi connectivity index (χ4v) is 2.69. The van der Waals surface area contributed by atoms with Gasteiger partial charge in [0.25, 0.3) is 0 Å². The molecule has 0 bridgehead atoms. The van der Waals surface area contributed by atoms with Crippen molar-refractivity contribution in [2.45, 2.75) is 73.5 Å². The highest BCUT2D eigenvalue weighted by molar-refractivity contribution is 6.74. The van der Waals surface area contributed by atoms with Crippen molar-refractivity contribution >= 4 is 8.32 Å². The van der Waals surface area contributed by atoms with Crippen molar-refractivity contribution in [1.82, 2.24) is 0 Å². The molecule has 0 aliphatic rings. The maximum Gasteiger partial charge on any atom is 0.192 e. The number of rotatable bonds is 4. The van der Waals surface area contributed by atoms with E-state index in [1.807, 2.05) is 13.0 Å². The Morgan fingerprint density at radius 3 is 1.95 bits per heavy atom. The first-order valence-corrected chi connectivity index (χ1v) is 10.5. The summed E-state index contributed by atoms with van der Waals surface area (Å²) in [7, 11) is -1.65. The number of allylic oxidation sites excluding steroid dienone is 2. The Labute approximate surface area is 127 Å². The standard InChI is InChI=1S/C18H34OSi/c1-11-12-16(17(3,4)5)15(2)13-14-19-20(9,10)18(6,7)8/h11,13H,14H2,1-10H3/b15-13-. The van der Waals surface area contributed by atoms with Crippen molar-refractivity contribution in [3.05, 3.63) is 29.0 Å². The van der Waals surface area contributed by atoms with Gasteiger partial charge in [0.1, 0.15) is 0 Å². The van der Waals surface area contributed by atoms with Crippen molar-refractivity contribution in [2.24, 2.45) is 5.41 Å². The summed E-state index contributed by atoms with van der Waals surface area (Å²) in [6.07, 6.45) is 4.20. The third kappa shape index (κ3) is 5.83. The van der Waals surface area contributed by atoms with Crippen LogP contribution in [0.25, 0.3) is 0 Å². The summed E-state index contributed by atoms with van der Waals surface area (Å²) in [5.41, 5.74) is 6.03. The lowest BCUT2D eigenvalue weighted by atomic mass is 9.83. The van der Waals surface area contributed by atoms with E-state index in [9.17, 15) is 0 Å². The van der Waals surface area contributed by atoms with Gasteiger partial charge in [0.15, 0.2) is 8.32 Å². The van der Waals surface area contributed by atoms with E-state index in [0.29, 0.717) is 6.61 Å². The average molecular weight is 295 g/mol. The fraction of sp³-hybridized carbons (Fsp3) is 0.722. The monoisotopic (exact) mass is 294 g/mol. The fourth-order valence-electron chi connectivity index (χ4n) is 1.76. The zero-order valence-electron chi connectivity index (χ0n) is 15.3. The van der Waals surface area contributed by atoms with Crippen LogP contribution >= 0.6 is 0 Å². The molecular formula is C18H34OSi. The first-order valence-electron chi connectivity index (χ1n) is 7.56. The molecule has 0 rings (SSSR count). The van der Waals surface area contributed by atoms with Crippen LogP contribution in [0.5, 0.6) is 0 Å². The number of hydrogen-bond acceptors (Lipinski definition) is 1. The van der Waals surface area contributed by atoms with Gasteiger partial charge in [-0.25, -0.2) is 0 Å². The minimum Gasteiger partial charge on any atom is -0.413 e. The maximum atomic E-state index is 6.22. The topological polar surface area (TPSA) is 9.23 Å². The molecule has 2 heteroatoms. The van der Waals surface area contributed by atoms with Crippen LogP contribution in [0, 0.1) is 5.41 Å². The van der Waals surface area contributed by atoms with Gasteiger partial charge in [-0.2, -0.15) is 0 Å². The van der Waals surface area contributed by atoms with Crippen LogP contribution in [-0.2, 0) is 4.43 Å². The normalized spacial score (nSPS) is 14.0. The first kappa shape index (κ1) is 19.4. The molecule has 0 saturated carbocycles. The van der Waals surface area contributed by atoms with E-state index < -0.39 is 8.32 Å². The van der Waals surface area contributed by atoms with Crippen LogP contribution in [0.2, 0.25) is 18.1 Å². The van der Waals surface area contributed by atoms with Crippen LogP contribution in [0.15, 0.2) is 29.0 Å². The second-order valence-corrected chi connectivity index (χ2v) is 12.8. The van der Waals surface area contributed by atoms with E-state index in [1.54, 1.807) is 0 Å².